The summed E-state index contributed by atoms with van der Waals surface area (Å²) in [5.74, 6) is 0.693. The molecular weight excluding hydrogens is 693 g/mol. The van der Waals surface area contributed by atoms with Crippen LogP contribution in [-0.2, 0) is 0 Å². The topological polar surface area (TPSA) is 43.6 Å². The van der Waals surface area contributed by atoms with Crippen molar-refractivity contribution < 1.29 is 0 Å². The molecule has 0 amide bonds. The Morgan fingerprint density at radius 3 is 1.56 bits per heavy atom. The molecule has 0 saturated heterocycles. The molecule has 3 heterocycles. The fraction of sp³-hybridized carbons (Fsp3) is 0. The van der Waals surface area contributed by atoms with Crippen molar-refractivity contribution in [2.75, 3.05) is 0 Å². The van der Waals surface area contributed by atoms with Gasteiger partial charge in [0.25, 0.3) is 0 Å². The molecule has 57 heavy (non-hydrogen) atoms. The van der Waals surface area contributed by atoms with Gasteiger partial charge in [-0.25, -0.2) is 15.0 Å². The monoisotopic (exact) mass is 726 g/mol. The van der Waals surface area contributed by atoms with Crippen molar-refractivity contribution in [2.45, 2.75) is 0 Å². The molecule has 0 aliphatic carbocycles. The van der Waals surface area contributed by atoms with Gasteiger partial charge in [-0.3, -0.25) is 0 Å². The molecule has 0 atom stereocenters. The first-order valence-corrected chi connectivity index (χ1v) is 19.3. The van der Waals surface area contributed by atoms with Crippen molar-refractivity contribution in [1.29, 1.82) is 0 Å². The highest BCUT2D eigenvalue weighted by Gasteiger charge is 2.19. The number of aromatic nitrogens is 4. The Morgan fingerprint density at radius 2 is 0.860 bits per heavy atom. The first-order chi connectivity index (χ1) is 28.2. The van der Waals surface area contributed by atoms with Crippen LogP contribution in [0.5, 0.6) is 0 Å². The van der Waals surface area contributed by atoms with Crippen molar-refractivity contribution in [3.8, 4) is 62.0 Å². The van der Waals surface area contributed by atoms with Gasteiger partial charge in [0, 0.05) is 49.5 Å². The van der Waals surface area contributed by atoms with E-state index in [1.807, 2.05) is 12.1 Å². The van der Waals surface area contributed by atoms with Gasteiger partial charge in [-0.15, -0.1) is 0 Å². The van der Waals surface area contributed by atoms with E-state index in [0.717, 1.165) is 83.5 Å². The lowest BCUT2D eigenvalue weighted by Gasteiger charge is -2.12. The van der Waals surface area contributed by atoms with Gasteiger partial charge in [0.1, 0.15) is 0 Å². The third-order valence-corrected chi connectivity index (χ3v) is 11.0. The smallest absolute Gasteiger partial charge is 0.160 e. The molecule has 0 N–H and O–H groups in total. The number of benzene rings is 8. The van der Waals surface area contributed by atoms with Crippen molar-refractivity contribution in [3.05, 3.63) is 206 Å². The summed E-state index contributed by atoms with van der Waals surface area (Å²) in [6, 6.07) is 72.6. The summed E-state index contributed by atoms with van der Waals surface area (Å²) in [7, 11) is 0. The average Bonchev–Trinajstić information content (AvgIpc) is 3.61. The number of hydrogen-bond acceptors (Lipinski definition) is 3. The molecule has 266 valence electrons. The molecule has 8 aromatic carbocycles. The predicted octanol–water partition coefficient (Wildman–Crippen LogP) is 13.6. The van der Waals surface area contributed by atoms with Crippen LogP contribution in [0, 0.1) is 0 Å². The minimum atomic E-state index is 0.693. The highest BCUT2D eigenvalue weighted by atomic mass is 15.0. The van der Waals surface area contributed by atoms with E-state index < -0.39 is 0 Å². The van der Waals surface area contributed by atoms with Crippen LogP contribution in [0.3, 0.4) is 0 Å². The molecule has 0 unspecified atom stereocenters. The van der Waals surface area contributed by atoms with Crippen LogP contribution < -0.4 is 0 Å². The third kappa shape index (κ3) is 5.74. The van der Waals surface area contributed by atoms with Gasteiger partial charge >= 0.3 is 0 Å². The average molecular weight is 727 g/mol. The van der Waals surface area contributed by atoms with Gasteiger partial charge in [0.05, 0.1) is 33.6 Å². The second-order valence-electron chi connectivity index (χ2n) is 14.4. The Hall–Kier alpha value is -7.69. The second kappa shape index (κ2) is 13.6. The zero-order chi connectivity index (χ0) is 37.7. The summed E-state index contributed by atoms with van der Waals surface area (Å²) in [6.45, 7) is 0. The van der Waals surface area contributed by atoms with Gasteiger partial charge in [-0.2, -0.15) is 0 Å². The molecule has 0 radical (unpaired) electrons. The number of para-hydroxylation sites is 2. The Bertz CT molecular complexity index is 3210. The quantitative estimate of drug-likeness (QED) is 0.160. The van der Waals surface area contributed by atoms with Crippen LogP contribution in [0.4, 0.5) is 0 Å². The van der Waals surface area contributed by atoms with Crippen molar-refractivity contribution >= 4 is 43.5 Å². The molecule has 3 aromatic heterocycles. The molecular formula is C53H34N4. The first kappa shape index (κ1) is 32.7. The lowest BCUT2D eigenvalue weighted by Crippen LogP contribution is -1.96. The number of fused-ring (bicyclic) bond motifs is 6. The van der Waals surface area contributed by atoms with Crippen LogP contribution in [0.1, 0.15) is 0 Å². The van der Waals surface area contributed by atoms with Gasteiger partial charge in [0.15, 0.2) is 5.82 Å². The van der Waals surface area contributed by atoms with E-state index in [9.17, 15) is 0 Å². The van der Waals surface area contributed by atoms with E-state index in [-0.39, 0.29) is 0 Å². The van der Waals surface area contributed by atoms with Crippen molar-refractivity contribution in [2.24, 2.45) is 0 Å². The van der Waals surface area contributed by atoms with Crippen LogP contribution in [0.15, 0.2) is 206 Å². The maximum absolute atomic E-state index is 5.24. The zero-order valence-corrected chi connectivity index (χ0v) is 30.9. The fourth-order valence-electron chi connectivity index (χ4n) is 8.24. The van der Waals surface area contributed by atoms with Crippen LogP contribution >= 0.6 is 0 Å². The van der Waals surface area contributed by atoms with Gasteiger partial charge in [-0.05, 0) is 65.0 Å². The van der Waals surface area contributed by atoms with E-state index >= 15 is 0 Å². The van der Waals surface area contributed by atoms with E-state index in [0.29, 0.717) is 5.82 Å². The highest BCUT2D eigenvalue weighted by Crippen LogP contribution is 2.41. The van der Waals surface area contributed by atoms with Crippen molar-refractivity contribution in [3.63, 3.8) is 0 Å². The minimum absolute atomic E-state index is 0.693. The first-order valence-electron chi connectivity index (χ1n) is 19.3. The Labute approximate surface area is 330 Å². The summed E-state index contributed by atoms with van der Waals surface area (Å²) >= 11 is 0. The maximum Gasteiger partial charge on any atom is 0.160 e. The molecule has 0 spiro atoms. The molecule has 0 aliphatic rings. The van der Waals surface area contributed by atoms with E-state index in [4.69, 9.17) is 15.0 Å². The Balaban J connectivity index is 1.12. The summed E-state index contributed by atoms with van der Waals surface area (Å²) in [5.41, 5.74) is 13.6. The Kier molecular flexibility index (Phi) is 7.78. The normalized spacial score (nSPS) is 11.5. The summed E-state index contributed by atoms with van der Waals surface area (Å²) < 4.78 is 2.41. The summed E-state index contributed by atoms with van der Waals surface area (Å²) in [4.78, 5) is 15.5. The minimum Gasteiger partial charge on any atom is -0.309 e. The number of nitrogens with zero attached hydrogens (tertiary/aromatic N) is 4. The predicted molar refractivity (Wildman–Crippen MR) is 236 cm³/mol. The van der Waals surface area contributed by atoms with E-state index in [1.54, 1.807) is 0 Å². The second-order valence-corrected chi connectivity index (χ2v) is 14.4. The van der Waals surface area contributed by atoms with Crippen LogP contribution in [0.25, 0.3) is 105 Å². The molecule has 11 aromatic rings. The van der Waals surface area contributed by atoms with Crippen LogP contribution in [-0.4, -0.2) is 19.5 Å². The number of rotatable bonds is 6. The molecule has 11 rings (SSSR count). The number of pyridine rings is 1. The molecule has 0 aliphatic heterocycles. The Morgan fingerprint density at radius 1 is 0.298 bits per heavy atom. The fourth-order valence-corrected chi connectivity index (χ4v) is 8.24. The van der Waals surface area contributed by atoms with E-state index in [2.05, 4.69) is 199 Å². The molecule has 0 saturated carbocycles. The maximum atomic E-state index is 5.24. The zero-order valence-electron chi connectivity index (χ0n) is 30.9. The van der Waals surface area contributed by atoms with Gasteiger partial charge in [0.2, 0.25) is 0 Å². The van der Waals surface area contributed by atoms with Gasteiger partial charge in [-0.1, -0.05) is 158 Å². The van der Waals surface area contributed by atoms with E-state index in [1.165, 1.54) is 16.2 Å². The van der Waals surface area contributed by atoms with Crippen molar-refractivity contribution in [1.82, 2.24) is 19.5 Å². The summed E-state index contributed by atoms with van der Waals surface area (Å²) in [5, 5.41) is 5.85. The lowest BCUT2D eigenvalue weighted by atomic mass is 9.97. The molecule has 0 fully saturated rings. The third-order valence-electron chi connectivity index (χ3n) is 11.0. The highest BCUT2D eigenvalue weighted by molar-refractivity contribution is 6.20. The summed E-state index contributed by atoms with van der Waals surface area (Å²) in [6.07, 6.45) is 0. The lowest BCUT2D eigenvalue weighted by molar-refractivity contribution is 1.18. The molecule has 0 bridgehead atoms. The molecule has 4 heteroatoms. The van der Waals surface area contributed by atoms with Gasteiger partial charge < -0.3 is 4.57 Å². The van der Waals surface area contributed by atoms with Crippen LogP contribution in [0.2, 0.25) is 0 Å². The number of hydrogen-bond donors (Lipinski definition) is 0. The largest absolute Gasteiger partial charge is 0.309 e. The standard InChI is InChI=1S/C53H34N4/c1-5-16-35(17-6-1)48-34-49(36-18-7-2-8-19-36)56-53(55-48)40-23-15-22-38(30-40)39-28-29-43-45-32-46-44(33-51(45)57(50(43)31-39)41-24-11-4-12-25-41)42-26-13-14-27-47(42)54-52(46)37-20-9-3-10-21-37/h1-34H. The SMILES string of the molecule is c1ccc(-c2cc(-c3ccccc3)nc(-c3cccc(-c4ccc5c6cc7c(-c8ccccc8)nc8ccccc8c7cc6n(-c6ccccc6)c5c4)c3)n2)cc1. The molecule has 4 nitrogen and oxygen atoms in total.